The minimum Gasteiger partial charge on any atom is -0.338 e. The fourth-order valence-electron chi connectivity index (χ4n) is 2.79. The van der Waals surface area contributed by atoms with E-state index in [0.717, 1.165) is 25.4 Å². The molecule has 1 saturated heterocycles. The van der Waals surface area contributed by atoms with Gasteiger partial charge in [-0.05, 0) is 25.4 Å². The van der Waals surface area contributed by atoms with Crippen molar-refractivity contribution in [2.45, 2.75) is 39.2 Å². The molecule has 0 bridgehead atoms. The number of aryl methyl sites for hydroxylation is 1. The summed E-state index contributed by atoms with van der Waals surface area (Å²) in [4.78, 5) is 7.02. The molecule has 1 aromatic heterocycles. The summed E-state index contributed by atoms with van der Waals surface area (Å²) < 4.78 is 2.13. The molecule has 0 spiro atoms. The molecule has 1 fully saturated rings. The Morgan fingerprint density at radius 3 is 3.05 bits per heavy atom. The molecule has 2 atom stereocenters. The highest BCUT2D eigenvalue weighted by atomic mass is 15.2. The maximum absolute atomic E-state index is 4.41. The van der Waals surface area contributed by atoms with Crippen molar-refractivity contribution >= 4 is 0 Å². The molecule has 1 aromatic rings. The molecule has 4 nitrogen and oxygen atoms in total. The van der Waals surface area contributed by atoms with Gasteiger partial charge < -0.3 is 14.8 Å². The Hall–Kier alpha value is -0.870. The Balaban J connectivity index is 1.86. The number of hydrogen-bond acceptors (Lipinski definition) is 3. The third-order valence-corrected chi connectivity index (χ3v) is 4.42. The second-order valence-corrected chi connectivity index (χ2v) is 5.80. The Kier molecular flexibility index (Phi) is 5.40. The van der Waals surface area contributed by atoms with Crippen molar-refractivity contribution < 1.29 is 0 Å². The van der Waals surface area contributed by atoms with Crippen LogP contribution in [0.25, 0.3) is 0 Å². The Morgan fingerprint density at radius 1 is 1.53 bits per heavy atom. The number of rotatable bonds is 5. The van der Waals surface area contributed by atoms with Crippen molar-refractivity contribution in [3.8, 4) is 0 Å². The summed E-state index contributed by atoms with van der Waals surface area (Å²) in [6.07, 6.45) is 7.48. The fourth-order valence-corrected chi connectivity index (χ4v) is 2.79. The molecular formula is C15H28N4. The summed E-state index contributed by atoms with van der Waals surface area (Å²) in [6.45, 7) is 9.33. The first-order chi connectivity index (χ1) is 9.20. The second kappa shape index (κ2) is 7.06. The maximum Gasteiger partial charge on any atom is 0.109 e. The van der Waals surface area contributed by atoms with Gasteiger partial charge in [-0.3, -0.25) is 0 Å². The molecule has 0 aromatic carbocycles. The lowest BCUT2D eigenvalue weighted by Crippen LogP contribution is -2.42. The van der Waals surface area contributed by atoms with Crippen LogP contribution in [0, 0.1) is 5.92 Å². The van der Waals surface area contributed by atoms with E-state index in [0.29, 0.717) is 6.04 Å². The SMILES string of the molecule is CCC(C)C1CN(CCc2nccn2C)CCCN1. The third-order valence-electron chi connectivity index (χ3n) is 4.42. The molecule has 1 aliphatic rings. The number of hydrogen-bond donors (Lipinski definition) is 1. The average Bonchev–Trinajstić information content (AvgIpc) is 2.69. The van der Waals surface area contributed by atoms with Crippen molar-refractivity contribution in [2.75, 3.05) is 26.2 Å². The highest BCUT2D eigenvalue weighted by molar-refractivity contribution is 4.92. The predicted molar refractivity (Wildman–Crippen MR) is 79.2 cm³/mol. The van der Waals surface area contributed by atoms with Crippen LogP contribution < -0.4 is 5.32 Å². The first kappa shape index (κ1) is 14.5. The van der Waals surface area contributed by atoms with E-state index in [-0.39, 0.29) is 0 Å². The summed E-state index contributed by atoms with van der Waals surface area (Å²) in [5.74, 6) is 1.95. The van der Waals surface area contributed by atoms with Gasteiger partial charge >= 0.3 is 0 Å². The van der Waals surface area contributed by atoms with Crippen LogP contribution >= 0.6 is 0 Å². The van der Waals surface area contributed by atoms with Gasteiger partial charge in [0.25, 0.3) is 0 Å². The quantitative estimate of drug-likeness (QED) is 0.878. The monoisotopic (exact) mass is 264 g/mol. The van der Waals surface area contributed by atoms with Gasteiger partial charge in [0.1, 0.15) is 5.82 Å². The molecule has 108 valence electrons. The molecule has 0 radical (unpaired) electrons. The van der Waals surface area contributed by atoms with E-state index in [4.69, 9.17) is 0 Å². The van der Waals surface area contributed by atoms with Crippen LogP contribution in [0.5, 0.6) is 0 Å². The largest absolute Gasteiger partial charge is 0.338 e. The molecule has 4 heteroatoms. The Bertz CT molecular complexity index is 374. The third kappa shape index (κ3) is 4.05. The molecule has 0 aliphatic carbocycles. The number of nitrogens with one attached hydrogen (secondary N) is 1. The second-order valence-electron chi connectivity index (χ2n) is 5.80. The first-order valence-corrected chi connectivity index (χ1v) is 7.62. The standard InChI is InChI=1S/C15H28N4/c1-4-13(2)14-12-19(9-5-7-16-14)10-6-15-17-8-11-18(15)3/h8,11,13-14,16H,4-7,9-10,12H2,1-3H3. The van der Waals surface area contributed by atoms with Gasteiger partial charge in [0.15, 0.2) is 0 Å². The summed E-state index contributed by atoms with van der Waals surface area (Å²) in [7, 11) is 2.08. The molecule has 0 saturated carbocycles. The number of imidazole rings is 1. The maximum atomic E-state index is 4.41. The van der Waals surface area contributed by atoms with E-state index in [2.05, 4.69) is 40.7 Å². The number of nitrogens with zero attached hydrogens (tertiary/aromatic N) is 3. The summed E-state index contributed by atoms with van der Waals surface area (Å²) in [5.41, 5.74) is 0. The van der Waals surface area contributed by atoms with E-state index in [1.165, 1.54) is 31.8 Å². The highest BCUT2D eigenvalue weighted by Gasteiger charge is 2.21. The Morgan fingerprint density at radius 2 is 2.37 bits per heavy atom. The lowest BCUT2D eigenvalue weighted by atomic mass is 9.99. The summed E-state index contributed by atoms with van der Waals surface area (Å²) in [6, 6.07) is 0.647. The zero-order valence-electron chi connectivity index (χ0n) is 12.6. The first-order valence-electron chi connectivity index (χ1n) is 7.62. The molecule has 1 N–H and O–H groups in total. The van der Waals surface area contributed by atoms with E-state index in [1.54, 1.807) is 0 Å². The van der Waals surface area contributed by atoms with Crippen molar-refractivity contribution in [3.63, 3.8) is 0 Å². The topological polar surface area (TPSA) is 33.1 Å². The molecule has 19 heavy (non-hydrogen) atoms. The van der Waals surface area contributed by atoms with E-state index in [9.17, 15) is 0 Å². The fraction of sp³-hybridized carbons (Fsp3) is 0.800. The van der Waals surface area contributed by atoms with Gasteiger partial charge in [0.05, 0.1) is 0 Å². The molecule has 1 aliphatic heterocycles. The van der Waals surface area contributed by atoms with Gasteiger partial charge in [-0.15, -0.1) is 0 Å². The number of aromatic nitrogens is 2. The van der Waals surface area contributed by atoms with Crippen LogP contribution in [-0.2, 0) is 13.5 Å². The van der Waals surface area contributed by atoms with Gasteiger partial charge in [-0.25, -0.2) is 4.98 Å². The van der Waals surface area contributed by atoms with Crippen LogP contribution in [0.15, 0.2) is 12.4 Å². The van der Waals surface area contributed by atoms with Crippen molar-refractivity contribution in [1.29, 1.82) is 0 Å². The minimum absolute atomic E-state index is 0.647. The van der Waals surface area contributed by atoms with Gasteiger partial charge in [0, 0.05) is 45.0 Å². The smallest absolute Gasteiger partial charge is 0.109 e. The summed E-state index contributed by atoms with van der Waals surface area (Å²) >= 11 is 0. The lowest BCUT2D eigenvalue weighted by molar-refractivity contribution is 0.239. The van der Waals surface area contributed by atoms with E-state index in [1.807, 2.05) is 12.4 Å². The van der Waals surface area contributed by atoms with Crippen LogP contribution in [0.1, 0.15) is 32.5 Å². The zero-order valence-corrected chi connectivity index (χ0v) is 12.6. The Labute approximate surface area is 117 Å². The van der Waals surface area contributed by atoms with Crippen LogP contribution in [0.4, 0.5) is 0 Å². The lowest BCUT2D eigenvalue weighted by Gasteiger charge is -2.27. The normalized spacial score (nSPS) is 23.2. The van der Waals surface area contributed by atoms with Crippen molar-refractivity contribution in [2.24, 2.45) is 13.0 Å². The molecule has 2 heterocycles. The summed E-state index contributed by atoms with van der Waals surface area (Å²) in [5, 5.41) is 3.70. The predicted octanol–water partition coefficient (Wildman–Crippen LogP) is 1.67. The zero-order chi connectivity index (χ0) is 13.7. The van der Waals surface area contributed by atoms with Gasteiger partial charge in [-0.1, -0.05) is 20.3 Å². The van der Waals surface area contributed by atoms with E-state index < -0.39 is 0 Å². The van der Waals surface area contributed by atoms with E-state index >= 15 is 0 Å². The van der Waals surface area contributed by atoms with Gasteiger partial charge in [0.2, 0.25) is 0 Å². The average molecular weight is 264 g/mol. The van der Waals surface area contributed by atoms with Crippen LogP contribution in [0.3, 0.4) is 0 Å². The van der Waals surface area contributed by atoms with Crippen molar-refractivity contribution in [3.05, 3.63) is 18.2 Å². The molecule has 0 amide bonds. The van der Waals surface area contributed by atoms with Crippen LogP contribution in [-0.4, -0.2) is 46.7 Å². The highest BCUT2D eigenvalue weighted by Crippen LogP contribution is 2.12. The van der Waals surface area contributed by atoms with Gasteiger partial charge in [-0.2, -0.15) is 0 Å². The molecule has 2 rings (SSSR count). The molecule has 2 unspecified atom stereocenters. The minimum atomic E-state index is 0.647. The molecular weight excluding hydrogens is 236 g/mol. The van der Waals surface area contributed by atoms with Crippen LogP contribution in [0.2, 0.25) is 0 Å². The van der Waals surface area contributed by atoms with Crippen molar-refractivity contribution in [1.82, 2.24) is 19.8 Å².